The Kier molecular flexibility index (Phi) is 2.97. The molecule has 1 rings (SSSR count). The molecule has 0 aliphatic carbocycles. The molecule has 0 saturated carbocycles. The topological polar surface area (TPSA) is 61.1 Å². The van der Waals surface area contributed by atoms with Gasteiger partial charge in [-0.2, -0.15) is 5.26 Å². The van der Waals surface area contributed by atoms with Crippen LogP contribution in [-0.2, 0) is 4.79 Å². The van der Waals surface area contributed by atoms with Crippen LogP contribution in [0.15, 0.2) is 24.3 Å². The third-order valence-corrected chi connectivity index (χ3v) is 1.53. The number of hydrogen-bond donors (Lipinski definition) is 1. The minimum Gasteiger partial charge on any atom is -0.478 e. The molecule has 0 saturated heterocycles. The predicted octanol–water partition coefficient (Wildman–Crippen LogP) is 1.80. The molecule has 0 aromatic heterocycles. The van der Waals surface area contributed by atoms with Crippen LogP contribution in [0, 0.1) is 17.1 Å². The van der Waals surface area contributed by atoms with Crippen molar-refractivity contribution in [2.45, 2.75) is 0 Å². The number of benzene rings is 1. The van der Waals surface area contributed by atoms with Gasteiger partial charge in [-0.05, 0) is 23.8 Å². The minimum atomic E-state index is -1.09. The van der Waals surface area contributed by atoms with Gasteiger partial charge in [0.1, 0.15) is 11.9 Å². The molecule has 70 valence electrons. The van der Waals surface area contributed by atoms with Crippen LogP contribution >= 0.6 is 0 Å². The Morgan fingerprint density at radius 1 is 1.57 bits per heavy atom. The van der Waals surface area contributed by atoms with Crippen molar-refractivity contribution in [3.8, 4) is 6.07 Å². The quantitative estimate of drug-likeness (QED) is 0.725. The summed E-state index contributed by atoms with van der Waals surface area (Å²) in [6.07, 6.45) is 2.22. The molecule has 3 nitrogen and oxygen atoms in total. The fourth-order valence-electron chi connectivity index (χ4n) is 0.900. The normalized spacial score (nSPS) is 10.0. The van der Waals surface area contributed by atoms with Gasteiger partial charge < -0.3 is 5.11 Å². The number of carbonyl (C=O) groups is 1. The van der Waals surface area contributed by atoms with Gasteiger partial charge in [-0.3, -0.25) is 0 Å². The molecule has 0 aliphatic rings. The van der Waals surface area contributed by atoms with E-state index < -0.39 is 11.8 Å². The number of aliphatic carboxylic acids is 1. The maximum absolute atomic E-state index is 12.8. The smallest absolute Gasteiger partial charge is 0.328 e. The summed E-state index contributed by atoms with van der Waals surface area (Å²) in [6.45, 7) is 0. The van der Waals surface area contributed by atoms with Crippen LogP contribution in [0.5, 0.6) is 0 Å². The second kappa shape index (κ2) is 4.19. The van der Waals surface area contributed by atoms with E-state index in [0.29, 0.717) is 5.56 Å². The van der Waals surface area contributed by atoms with Gasteiger partial charge in [0.25, 0.3) is 0 Å². The lowest BCUT2D eigenvalue weighted by Gasteiger charge is -1.95. The third kappa shape index (κ3) is 2.42. The second-order valence-electron chi connectivity index (χ2n) is 2.52. The fourth-order valence-corrected chi connectivity index (χ4v) is 0.900. The molecule has 0 heterocycles. The highest BCUT2D eigenvalue weighted by Crippen LogP contribution is 2.10. The van der Waals surface area contributed by atoms with E-state index >= 15 is 0 Å². The molecular weight excluding hydrogens is 185 g/mol. The Labute approximate surface area is 79.7 Å². The van der Waals surface area contributed by atoms with E-state index in [1.165, 1.54) is 18.2 Å². The van der Waals surface area contributed by atoms with Crippen molar-refractivity contribution in [2.75, 3.05) is 0 Å². The van der Waals surface area contributed by atoms with Gasteiger partial charge in [-0.25, -0.2) is 9.18 Å². The van der Waals surface area contributed by atoms with E-state index in [0.717, 1.165) is 12.1 Å². The molecule has 0 radical (unpaired) electrons. The molecule has 4 heteroatoms. The maximum atomic E-state index is 12.8. The van der Waals surface area contributed by atoms with Crippen LogP contribution in [-0.4, -0.2) is 11.1 Å². The summed E-state index contributed by atoms with van der Waals surface area (Å²) >= 11 is 0. The Balaban J connectivity index is 3.03. The number of halogens is 1. The Morgan fingerprint density at radius 3 is 2.86 bits per heavy atom. The average molecular weight is 191 g/mol. The van der Waals surface area contributed by atoms with Crippen LogP contribution in [0.25, 0.3) is 6.08 Å². The third-order valence-electron chi connectivity index (χ3n) is 1.53. The van der Waals surface area contributed by atoms with E-state index in [2.05, 4.69) is 0 Å². The summed E-state index contributed by atoms with van der Waals surface area (Å²) in [5.41, 5.74) is 0.378. The first-order chi connectivity index (χ1) is 6.63. The number of carboxylic acids is 1. The summed E-state index contributed by atoms with van der Waals surface area (Å²) in [4.78, 5) is 10.2. The summed E-state index contributed by atoms with van der Waals surface area (Å²) in [7, 11) is 0. The summed E-state index contributed by atoms with van der Waals surface area (Å²) in [6, 6.07) is 5.48. The van der Waals surface area contributed by atoms with Crippen molar-refractivity contribution in [1.82, 2.24) is 0 Å². The molecule has 14 heavy (non-hydrogen) atoms. The highest BCUT2D eigenvalue weighted by molar-refractivity contribution is 5.85. The molecule has 0 bridgehead atoms. The minimum absolute atomic E-state index is 0.0995. The number of hydrogen-bond acceptors (Lipinski definition) is 2. The SMILES string of the molecule is N#Cc1cc(C=CC(=O)O)ccc1F. The molecule has 1 aromatic rings. The number of rotatable bonds is 2. The van der Waals surface area contributed by atoms with Crippen LogP contribution in [0.1, 0.15) is 11.1 Å². The van der Waals surface area contributed by atoms with E-state index in [-0.39, 0.29) is 5.56 Å². The number of nitrogens with zero attached hydrogens (tertiary/aromatic N) is 1. The molecule has 0 aliphatic heterocycles. The molecule has 0 atom stereocenters. The van der Waals surface area contributed by atoms with E-state index in [1.807, 2.05) is 0 Å². The van der Waals surface area contributed by atoms with Gasteiger partial charge in [0.05, 0.1) is 5.56 Å². The van der Waals surface area contributed by atoms with Crippen molar-refractivity contribution >= 4 is 12.0 Å². The average Bonchev–Trinajstić information content (AvgIpc) is 2.16. The summed E-state index contributed by atoms with van der Waals surface area (Å²) in [5.74, 6) is -1.70. The second-order valence-corrected chi connectivity index (χ2v) is 2.52. The predicted molar refractivity (Wildman–Crippen MR) is 47.8 cm³/mol. The van der Waals surface area contributed by atoms with E-state index in [1.54, 1.807) is 6.07 Å². The fraction of sp³-hybridized carbons (Fsp3) is 0. The lowest BCUT2D eigenvalue weighted by atomic mass is 10.1. The van der Waals surface area contributed by atoms with Gasteiger partial charge in [-0.15, -0.1) is 0 Å². The van der Waals surface area contributed by atoms with Gasteiger partial charge in [0.15, 0.2) is 0 Å². The molecule has 0 fully saturated rings. The molecule has 0 amide bonds. The van der Waals surface area contributed by atoms with Gasteiger partial charge in [0.2, 0.25) is 0 Å². The standard InChI is InChI=1S/C10H6FNO2/c11-9-3-1-7(2-4-10(13)14)5-8(9)6-12/h1-5H,(H,13,14). The molecule has 1 N–H and O–H groups in total. The van der Waals surface area contributed by atoms with Crippen molar-refractivity contribution in [3.05, 3.63) is 41.2 Å². The highest BCUT2D eigenvalue weighted by atomic mass is 19.1. The molecular formula is C10H6FNO2. The van der Waals surface area contributed by atoms with Crippen molar-refractivity contribution in [2.24, 2.45) is 0 Å². The Bertz CT molecular complexity index is 432. The first-order valence-corrected chi connectivity index (χ1v) is 3.74. The largest absolute Gasteiger partial charge is 0.478 e. The first kappa shape index (κ1) is 9.93. The molecule has 0 unspecified atom stereocenters. The van der Waals surface area contributed by atoms with E-state index in [4.69, 9.17) is 10.4 Å². The number of carboxylic acid groups (broad SMARTS) is 1. The number of nitriles is 1. The highest BCUT2D eigenvalue weighted by Gasteiger charge is 2.00. The summed E-state index contributed by atoms with van der Waals surface area (Å²) < 4.78 is 12.8. The van der Waals surface area contributed by atoms with Crippen LogP contribution in [0.4, 0.5) is 4.39 Å². The van der Waals surface area contributed by atoms with Gasteiger partial charge >= 0.3 is 5.97 Å². The van der Waals surface area contributed by atoms with Crippen molar-refractivity contribution in [3.63, 3.8) is 0 Å². The Hall–Kier alpha value is -2.15. The van der Waals surface area contributed by atoms with Crippen molar-refractivity contribution < 1.29 is 14.3 Å². The van der Waals surface area contributed by atoms with Crippen LogP contribution in [0.3, 0.4) is 0 Å². The zero-order chi connectivity index (χ0) is 10.6. The van der Waals surface area contributed by atoms with Crippen LogP contribution < -0.4 is 0 Å². The van der Waals surface area contributed by atoms with Crippen molar-refractivity contribution in [1.29, 1.82) is 5.26 Å². The monoisotopic (exact) mass is 191 g/mol. The molecule has 1 aromatic carbocycles. The van der Waals surface area contributed by atoms with Gasteiger partial charge in [0, 0.05) is 6.08 Å². The zero-order valence-electron chi connectivity index (χ0n) is 7.07. The maximum Gasteiger partial charge on any atom is 0.328 e. The first-order valence-electron chi connectivity index (χ1n) is 3.74. The molecule has 0 spiro atoms. The zero-order valence-corrected chi connectivity index (χ0v) is 7.07. The summed E-state index contributed by atoms with van der Waals surface area (Å²) in [5, 5.41) is 16.8. The van der Waals surface area contributed by atoms with E-state index in [9.17, 15) is 9.18 Å². The Morgan fingerprint density at radius 2 is 2.29 bits per heavy atom. The van der Waals surface area contributed by atoms with Gasteiger partial charge in [-0.1, -0.05) is 6.07 Å². The van der Waals surface area contributed by atoms with Crippen LogP contribution in [0.2, 0.25) is 0 Å². The lowest BCUT2D eigenvalue weighted by molar-refractivity contribution is -0.131. The lowest BCUT2D eigenvalue weighted by Crippen LogP contribution is -1.87.